The molecule has 93 valence electrons. The molecular formula is C14H20NO2. The fourth-order valence-corrected chi connectivity index (χ4v) is 2.24. The van der Waals surface area contributed by atoms with E-state index < -0.39 is 0 Å². The van der Waals surface area contributed by atoms with Gasteiger partial charge in [0.05, 0.1) is 5.92 Å². The smallest absolute Gasteiger partial charge is 0.314 e. The zero-order chi connectivity index (χ0) is 12.3. The Morgan fingerprint density at radius 1 is 1.29 bits per heavy atom. The molecule has 1 saturated heterocycles. The van der Waals surface area contributed by atoms with Gasteiger partial charge in [-0.1, -0.05) is 0 Å². The average Bonchev–Trinajstić information content (AvgIpc) is 2.83. The summed E-state index contributed by atoms with van der Waals surface area (Å²) in [5.41, 5.74) is 0. The van der Waals surface area contributed by atoms with Crippen LogP contribution in [0.5, 0.6) is 0 Å². The summed E-state index contributed by atoms with van der Waals surface area (Å²) >= 11 is 0. The summed E-state index contributed by atoms with van der Waals surface area (Å²) in [5, 5.41) is 0. The van der Waals surface area contributed by atoms with Gasteiger partial charge in [0.15, 0.2) is 0 Å². The molecule has 0 unspecified atom stereocenters. The van der Waals surface area contributed by atoms with Crippen LogP contribution in [0.2, 0.25) is 0 Å². The fourth-order valence-electron chi connectivity index (χ4n) is 2.24. The van der Waals surface area contributed by atoms with Gasteiger partial charge in [0.1, 0.15) is 6.10 Å². The van der Waals surface area contributed by atoms with Crippen molar-refractivity contribution < 1.29 is 9.53 Å². The second-order valence-corrected chi connectivity index (χ2v) is 4.91. The van der Waals surface area contributed by atoms with Crippen LogP contribution >= 0.6 is 0 Å². The first-order valence-corrected chi connectivity index (χ1v) is 6.33. The van der Waals surface area contributed by atoms with Crippen molar-refractivity contribution in [1.29, 1.82) is 0 Å². The van der Waals surface area contributed by atoms with Crippen molar-refractivity contribution in [2.24, 2.45) is 0 Å². The van der Waals surface area contributed by atoms with Crippen molar-refractivity contribution in [3.05, 3.63) is 31.6 Å². The molecule has 3 heteroatoms. The number of rotatable bonds is 3. The molecule has 0 bridgehead atoms. The highest BCUT2D eigenvalue weighted by atomic mass is 16.5. The van der Waals surface area contributed by atoms with Gasteiger partial charge in [-0.25, -0.2) is 0 Å². The van der Waals surface area contributed by atoms with Gasteiger partial charge in [0.25, 0.3) is 0 Å². The van der Waals surface area contributed by atoms with E-state index in [1.807, 2.05) is 12.8 Å². The first kappa shape index (κ1) is 12.9. The lowest BCUT2D eigenvalue weighted by Crippen LogP contribution is -2.41. The SMILES string of the molecule is CC(C)N1CCC(OC(=O)[C]2[CH][CH][CH][CH]2)CC1. The first-order valence-electron chi connectivity index (χ1n) is 6.33. The molecule has 0 atom stereocenters. The molecule has 0 N–H and O–H groups in total. The second kappa shape index (κ2) is 5.85. The summed E-state index contributed by atoms with van der Waals surface area (Å²) in [6.07, 6.45) is 9.30. The normalized spacial score (nSPS) is 24.4. The summed E-state index contributed by atoms with van der Waals surface area (Å²) in [6.45, 7) is 6.46. The van der Waals surface area contributed by atoms with Crippen molar-refractivity contribution >= 4 is 5.97 Å². The number of hydrogen-bond donors (Lipinski definition) is 0. The molecule has 1 saturated carbocycles. The van der Waals surface area contributed by atoms with Crippen molar-refractivity contribution in [2.45, 2.75) is 38.8 Å². The quantitative estimate of drug-likeness (QED) is 0.697. The maximum Gasteiger partial charge on any atom is 0.314 e. The third kappa shape index (κ3) is 3.44. The van der Waals surface area contributed by atoms with Crippen LogP contribution in [0, 0.1) is 31.6 Å². The minimum absolute atomic E-state index is 0.0902. The lowest BCUT2D eigenvalue weighted by Gasteiger charge is -2.34. The zero-order valence-corrected chi connectivity index (χ0v) is 10.6. The van der Waals surface area contributed by atoms with E-state index >= 15 is 0 Å². The predicted molar refractivity (Wildman–Crippen MR) is 66.3 cm³/mol. The van der Waals surface area contributed by atoms with Gasteiger partial charge in [-0.3, -0.25) is 4.79 Å². The average molecular weight is 234 g/mol. The first-order chi connectivity index (χ1) is 8.16. The third-order valence-corrected chi connectivity index (χ3v) is 3.38. The molecule has 5 radical (unpaired) electrons. The van der Waals surface area contributed by atoms with Gasteiger partial charge >= 0.3 is 5.97 Å². The van der Waals surface area contributed by atoms with Gasteiger partial charge in [0, 0.05) is 19.1 Å². The van der Waals surface area contributed by atoms with Crippen LogP contribution in [0.3, 0.4) is 0 Å². The number of piperidine rings is 1. The highest BCUT2D eigenvalue weighted by Gasteiger charge is 2.30. The molecule has 1 aliphatic heterocycles. The number of hydrogen-bond acceptors (Lipinski definition) is 3. The topological polar surface area (TPSA) is 29.5 Å². The summed E-state index contributed by atoms with van der Waals surface area (Å²) in [6, 6.07) is 0.585. The van der Waals surface area contributed by atoms with Crippen molar-refractivity contribution in [3.63, 3.8) is 0 Å². The fraction of sp³-hybridized carbons (Fsp3) is 0.571. The molecule has 1 heterocycles. The Morgan fingerprint density at radius 2 is 1.88 bits per heavy atom. The third-order valence-electron chi connectivity index (χ3n) is 3.38. The second-order valence-electron chi connectivity index (χ2n) is 4.91. The standard InChI is InChI=1S/C14H20NO2/c1-11(2)15-9-7-13(8-10-15)17-14(16)12-5-3-4-6-12/h3-6,11,13H,7-10H2,1-2H3. The monoisotopic (exact) mass is 234 g/mol. The summed E-state index contributed by atoms with van der Waals surface area (Å²) in [4.78, 5) is 14.2. The van der Waals surface area contributed by atoms with E-state index in [-0.39, 0.29) is 12.1 Å². The molecule has 0 aromatic heterocycles. The highest BCUT2D eigenvalue weighted by Crippen LogP contribution is 2.26. The molecule has 2 rings (SSSR count). The Hall–Kier alpha value is -0.570. The molecule has 0 spiro atoms. The van der Waals surface area contributed by atoms with Gasteiger partial charge in [-0.05, 0) is 52.4 Å². The lowest BCUT2D eigenvalue weighted by atomic mass is 10.1. The number of esters is 1. The van der Waals surface area contributed by atoms with Gasteiger partial charge in [-0.15, -0.1) is 0 Å². The van der Waals surface area contributed by atoms with Crippen LogP contribution in [0.15, 0.2) is 0 Å². The zero-order valence-electron chi connectivity index (χ0n) is 10.6. The maximum atomic E-state index is 11.8. The summed E-state index contributed by atoms with van der Waals surface area (Å²) < 4.78 is 5.50. The van der Waals surface area contributed by atoms with Crippen LogP contribution in [0.1, 0.15) is 26.7 Å². The van der Waals surface area contributed by atoms with Crippen LogP contribution in [0.25, 0.3) is 0 Å². The Kier molecular flexibility index (Phi) is 4.43. The van der Waals surface area contributed by atoms with Crippen LogP contribution in [-0.4, -0.2) is 36.1 Å². The molecule has 2 aliphatic rings. The van der Waals surface area contributed by atoms with E-state index in [0.29, 0.717) is 12.0 Å². The Labute approximate surface area is 105 Å². The Balaban J connectivity index is 1.72. The van der Waals surface area contributed by atoms with E-state index in [1.165, 1.54) is 0 Å². The number of nitrogens with zero attached hydrogens (tertiary/aromatic N) is 1. The van der Waals surface area contributed by atoms with E-state index in [2.05, 4.69) is 18.7 Å². The summed E-state index contributed by atoms with van der Waals surface area (Å²) in [7, 11) is 0. The molecule has 2 fully saturated rings. The molecule has 0 aromatic carbocycles. The van der Waals surface area contributed by atoms with Crippen molar-refractivity contribution in [2.75, 3.05) is 13.1 Å². The van der Waals surface area contributed by atoms with Crippen LogP contribution in [0.4, 0.5) is 0 Å². The maximum absolute atomic E-state index is 11.8. The van der Waals surface area contributed by atoms with Crippen LogP contribution in [-0.2, 0) is 9.53 Å². The van der Waals surface area contributed by atoms with E-state index in [4.69, 9.17) is 4.74 Å². The lowest BCUT2D eigenvalue weighted by molar-refractivity contribution is -0.148. The van der Waals surface area contributed by atoms with E-state index in [9.17, 15) is 4.79 Å². The number of carbonyl (C=O) groups excluding carboxylic acids is 1. The summed E-state index contributed by atoms with van der Waals surface area (Å²) in [5.74, 6) is 0.481. The highest BCUT2D eigenvalue weighted by molar-refractivity contribution is 5.91. The molecule has 17 heavy (non-hydrogen) atoms. The number of ether oxygens (including phenoxy) is 1. The Bertz CT molecular complexity index is 251. The van der Waals surface area contributed by atoms with Gasteiger partial charge < -0.3 is 9.64 Å². The minimum atomic E-state index is -0.182. The van der Waals surface area contributed by atoms with E-state index in [0.717, 1.165) is 25.9 Å². The molecule has 0 aromatic rings. The van der Waals surface area contributed by atoms with Gasteiger partial charge in [0.2, 0.25) is 0 Å². The minimum Gasteiger partial charge on any atom is -0.462 e. The number of carbonyl (C=O) groups is 1. The molecule has 3 nitrogen and oxygen atoms in total. The van der Waals surface area contributed by atoms with Crippen LogP contribution < -0.4 is 0 Å². The molecular weight excluding hydrogens is 214 g/mol. The van der Waals surface area contributed by atoms with E-state index in [1.54, 1.807) is 12.8 Å². The molecule has 0 amide bonds. The Morgan fingerprint density at radius 3 is 2.41 bits per heavy atom. The largest absolute Gasteiger partial charge is 0.462 e. The van der Waals surface area contributed by atoms with Crippen molar-refractivity contribution in [3.8, 4) is 0 Å². The van der Waals surface area contributed by atoms with Gasteiger partial charge in [-0.2, -0.15) is 0 Å². The molecule has 1 aliphatic carbocycles. The van der Waals surface area contributed by atoms with Crippen molar-refractivity contribution in [1.82, 2.24) is 4.90 Å². The predicted octanol–water partition coefficient (Wildman–Crippen LogP) is 1.81. The number of likely N-dealkylation sites (tertiary alicyclic amines) is 1.